The Morgan fingerprint density at radius 3 is 2.32 bits per heavy atom. The SMILES string of the molecule is CCc1ccc(NC(=O)CN(c2cc(Cl)ccc2Cl)S(C)(=O)=O)cc1. The Kier molecular flexibility index (Phi) is 6.32. The van der Waals surface area contributed by atoms with E-state index in [1.807, 2.05) is 19.1 Å². The molecule has 2 aromatic carbocycles. The van der Waals surface area contributed by atoms with Gasteiger partial charge in [0.1, 0.15) is 6.54 Å². The second kappa shape index (κ2) is 8.08. The highest BCUT2D eigenvalue weighted by Gasteiger charge is 2.23. The van der Waals surface area contributed by atoms with E-state index >= 15 is 0 Å². The fourth-order valence-corrected chi connectivity index (χ4v) is 3.51. The summed E-state index contributed by atoms with van der Waals surface area (Å²) in [5.41, 5.74) is 1.89. The average molecular weight is 401 g/mol. The third-order valence-corrected chi connectivity index (χ3v) is 5.19. The summed E-state index contributed by atoms with van der Waals surface area (Å²) in [6.45, 7) is 1.63. The number of rotatable bonds is 6. The Labute approximate surface area is 157 Å². The molecule has 0 heterocycles. The number of sulfonamides is 1. The van der Waals surface area contributed by atoms with E-state index in [9.17, 15) is 13.2 Å². The first-order valence-corrected chi connectivity index (χ1v) is 10.1. The molecule has 0 fully saturated rings. The van der Waals surface area contributed by atoms with E-state index in [2.05, 4.69) is 5.32 Å². The van der Waals surface area contributed by atoms with Gasteiger partial charge in [0.25, 0.3) is 0 Å². The van der Waals surface area contributed by atoms with Crippen LogP contribution in [0.4, 0.5) is 11.4 Å². The zero-order valence-corrected chi connectivity index (χ0v) is 16.1. The first-order valence-electron chi connectivity index (χ1n) is 7.52. The lowest BCUT2D eigenvalue weighted by molar-refractivity contribution is -0.114. The molecule has 134 valence electrons. The standard InChI is InChI=1S/C17H18Cl2N2O3S/c1-3-12-4-7-14(8-5-12)20-17(22)11-21(25(2,23)24)16-10-13(18)6-9-15(16)19/h4-10H,3,11H2,1-2H3,(H,20,22). The van der Waals surface area contributed by atoms with Crippen molar-refractivity contribution in [1.82, 2.24) is 0 Å². The Morgan fingerprint density at radius 2 is 1.76 bits per heavy atom. The van der Waals surface area contributed by atoms with Crippen molar-refractivity contribution in [3.8, 4) is 0 Å². The van der Waals surface area contributed by atoms with E-state index in [-0.39, 0.29) is 10.7 Å². The summed E-state index contributed by atoms with van der Waals surface area (Å²) >= 11 is 12.0. The lowest BCUT2D eigenvalue weighted by Crippen LogP contribution is -2.37. The molecular weight excluding hydrogens is 383 g/mol. The molecule has 0 atom stereocenters. The Balaban J connectivity index is 2.22. The van der Waals surface area contributed by atoms with Crippen LogP contribution < -0.4 is 9.62 Å². The molecule has 0 saturated heterocycles. The minimum Gasteiger partial charge on any atom is -0.325 e. The largest absolute Gasteiger partial charge is 0.325 e. The predicted molar refractivity (Wildman–Crippen MR) is 103 cm³/mol. The predicted octanol–water partition coefficient (Wildman–Crippen LogP) is 3.96. The van der Waals surface area contributed by atoms with Gasteiger partial charge in [0.05, 0.1) is 17.0 Å². The van der Waals surface area contributed by atoms with E-state index in [0.29, 0.717) is 10.7 Å². The van der Waals surface area contributed by atoms with Gasteiger partial charge in [0.2, 0.25) is 15.9 Å². The number of carbonyl (C=O) groups is 1. The van der Waals surface area contributed by atoms with Crippen molar-refractivity contribution in [1.29, 1.82) is 0 Å². The fourth-order valence-electron chi connectivity index (χ4n) is 2.21. The normalized spacial score (nSPS) is 11.2. The molecule has 0 unspecified atom stereocenters. The van der Waals surface area contributed by atoms with Crippen LogP contribution in [0.1, 0.15) is 12.5 Å². The van der Waals surface area contributed by atoms with Crippen LogP contribution in [0.25, 0.3) is 0 Å². The fraction of sp³-hybridized carbons (Fsp3) is 0.235. The number of anilines is 2. The lowest BCUT2D eigenvalue weighted by atomic mass is 10.1. The van der Waals surface area contributed by atoms with Gasteiger partial charge in [-0.05, 0) is 42.3 Å². The first kappa shape index (κ1) is 19.6. The van der Waals surface area contributed by atoms with Crippen molar-refractivity contribution >= 4 is 50.5 Å². The molecule has 0 aliphatic rings. The smallest absolute Gasteiger partial charge is 0.245 e. The van der Waals surface area contributed by atoms with Crippen molar-refractivity contribution in [2.75, 3.05) is 22.4 Å². The van der Waals surface area contributed by atoms with Gasteiger partial charge >= 0.3 is 0 Å². The van der Waals surface area contributed by atoms with Crippen LogP contribution in [-0.4, -0.2) is 27.1 Å². The average Bonchev–Trinajstić information content (AvgIpc) is 2.55. The maximum absolute atomic E-state index is 12.3. The minimum atomic E-state index is -3.73. The van der Waals surface area contributed by atoms with Crippen molar-refractivity contribution in [2.45, 2.75) is 13.3 Å². The number of nitrogens with zero attached hydrogens (tertiary/aromatic N) is 1. The molecule has 1 amide bonds. The van der Waals surface area contributed by atoms with Crippen LogP contribution in [0.2, 0.25) is 10.0 Å². The van der Waals surface area contributed by atoms with E-state index in [1.54, 1.807) is 18.2 Å². The number of hydrogen-bond donors (Lipinski definition) is 1. The summed E-state index contributed by atoms with van der Waals surface area (Å²) in [6, 6.07) is 11.8. The van der Waals surface area contributed by atoms with Gasteiger partial charge in [-0.15, -0.1) is 0 Å². The molecule has 0 aliphatic carbocycles. The third-order valence-electron chi connectivity index (χ3n) is 3.51. The highest BCUT2D eigenvalue weighted by molar-refractivity contribution is 7.92. The van der Waals surface area contributed by atoms with Crippen LogP contribution in [0, 0.1) is 0 Å². The van der Waals surface area contributed by atoms with E-state index in [4.69, 9.17) is 23.2 Å². The summed E-state index contributed by atoms with van der Waals surface area (Å²) in [5.74, 6) is -0.481. The second-order valence-corrected chi connectivity index (χ2v) is 8.21. The summed E-state index contributed by atoms with van der Waals surface area (Å²) < 4.78 is 25.1. The molecule has 0 radical (unpaired) electrons. The molecular formula is C17H18Cl2N2O3S. The Bertz CT molecular complexity index is 868. The maximum Gasteiger partial charge on any atom is 0.245 e. The molecule has 0 spiro atoms. The van der Waals surface area contributed by atoms with Crippen LogP contribution in [0.15, 0.2) is 42.5 Å². The van der Waals surface area contributed by atoms with Gasteiger partial charge in [-0.3, -0.25) is 9.10 Å². The second-order valence-electron chi connectivity index (χ2n) is 5.46. The van der Waals surface area contributed by atoms with Gasteiger partial charge in [0, 0.05) is 10.7 Å². The minimum absolute atomic E-state index is 0.160. The number of amides is 1. The molecule has 2 rings (SSSR count). The maximum atomic E-state index is 12.3. The van der Waals surface area contributed by atoms with Gasteiger partial charge < -0.3 is 5.32 Å². The molecule has 0 bridgehead atoms. The number of hydrogen-bond acceptors (Lipinski definition) is 3. The lowest BCUT2D eigenvalue weighted by Gasteiger charge is -2.23. The molecule has 5 nitrogen and oxygen atoms in total. The molecule has 2 aromatic rings. The van der Waals surface area contributed by atoms with Crippen LogP contribution in [0.3, 0.4) is 0 Å². The van der Waals surface area contributed by atoms with Gasteiger partial charge in [0.15, 0.2) is 0 Å². The summed E-state index contributed by atoms with van der Waals surface area (Å²) in [7, 11) is -3.73. The number of halogens is 2. The molecule has 8 heteroatoms. The molecule has 25 heavy (non-hydrogen) atoms. The zero-order chi connectivity index (χ0) is 18.6. The molecule has 0 aliphatic heterocycles. The third kappa shape index (κ3) is 5.36. The van der Waals surface area contributed by atoms with E-state index in [0.717, 1.165) is 22.5 Å². The Morgan fingerprint density at radius 1 is 1.12 bits per heavy atom. The highest BCUT2D eigenvalue weighted by Crippen LogP contribution is 2.30. The monoisotopic (exact) mass is 400 g/mol. The quantitative estimate of drug-likeness (QED) is 0.797. The topological polar surface area (TPSA) is 66.5 Å². The van der Waals surface area contributed by atoms with Crippen LogP contribution in [0.5, 0.6) is 0 Å². The van der Waals surface area contributed by atoms with Crippen molar-refractivity contribution in [3.05, 3.63) is 58.1 Å². The molecule has 0 aromatic heterocycles. The van der Waals surface area contributed by atoms with Crippen molar-refractivity contribution in [3.63, 3.8) is 0 Å². The van der Waals surface area contributed by atoms with Gasteiger partial charge in [-0.25, -0.2) is 8.42 Å². The van der Waals surface area contributed by atoms with E-state index in [1.165, 1.54) is 12.1 Å². The Hall–Kier alpha value is -1.76. The van der Waals surface area contributed by atoms with Gasteiger partial charge in [-0.2, -0.15) is 0 Å². The van der Waals surface area contributed by atoms with Crippen LogP contribution in [-0.2, 0) is 21.2 Å². The van der Waals surface area contributed by atoms with E-state index < -0.39 is 22.5 Å². The summed E-state index contributed by atoms with van der Waals surface area (Å²) in [4.78, 5) is 12.3. The van der Waals surface area contributed by atoms with Gasteiger partial charge in [-0.1, -0.05) is 42.3 Å². The highest BCUT2D eigenvalue weighted by atomic mass is 35.5. The zero-order valence-electron chi connectivity index (χ0n) is 13.8. The summed E-state index contributed by atoms with van der Waals surface area (Å²) in [6.07, 6.45) is 1.90. The number of carbonyl (C=O) groups excluding carboxylic acids is 1. The summed E-state index contributed by atoms with van der Waals surface area (Å²) in [5, 5.41) is 3.19. The van der Waals surface area contributed by atoms with Crippen LogP contribution >= 0.6 is 23.2 Å². The van der Waals surface area contributed by atoms with Crippen molar-refractivity contribution in [2.24, 2.45) is 0 Å². The van der Waals surface area contributed by atoms with Crippen molar-refractivity contribution < 1.29 is 13.2 Å². The number of benzene rings is 2. The first-order chi connectivity index (χ1) is 11.7. The number of nitrogens with one attached hydrogen (secondary N) is 1. The number of aryl methyl sites for hydroxylation is 1. The molecule has 0 saturated carbocycles. The molecule has 1 N–H and O–H groups in total.